The zero-order valence-corrected chi connectivity index (χ0v) is 14.3. The largest absolute Gasteiger partial charge is 0.497 e. The van der Waals surface area contributed by atoms with Crippen LogP contribution in [0.2, 0.25) is 0 Å². The highest BCUT2D eigenvalue weighted by Gasteiger charge is 2.30. The Bertz CT molecular complexity index is 747. The number of ether oxygens (including phenoxy) is 2. The van der Waals surface area contributed by atoms with Crippen molar-refractivity contribution in [3.8, 4) is 11.5 Å². The molecule has 0 amide bonds. The second kappa shape index (κ2) is 6.30. The molecule has 2 aromatic rings. The quantitative estimate of drug-likeness (QED) is 0.865. The van der Waals surface area contributed by atoms with Crippen LogP contribution in [-0.4, -0.2) is 37.3 Å². The third kappa shape index (κ3) is 2.58. The number of rotatable bonds is 4. The fourth-order valence-electron chi connectivity index (χ4n) is 3.98. The van der Waals surface area contributed by atoms with Gasteiger partial charge in [0.25, 0.3) is 0 Å². The van der Waals surface area contributed by atoms with Crippen LogP contribution in [0.1, 0.15) is 35.6 Å². The molecule has 1 aliphatic heterocycles. The van der Waals surface area contributed by atoms with Crippen LogP contribution in [-0.2, 0) is 12.8 Å². The molecule has 0 saturated carbocycles. The fourth-order valence-corrected chi connectivity index (χ4v) is 3.98. The summed E-state index contributed by atoms with van der Waals surface area (Å²) in [5.74, 6) is 3.40. The van der Waals surface area contributed by atoms with Crippen molar-refractivity contribution in [3.05, 3.63) is 41.3 Å². The van der Waals surface area contributed by atoms with Gasteiger partial charge in [-0.2, -0.15) is 0 Å². The van der Waals surface area contributed by atoms with Gasteiger partial charge in [-0.15, -0.1) is 0 Å². The first-order valence-corrected chi connectivity index (χ1v) is 8.59. The summed E-state index contributed by atoms with van der Waals surface area (Å²) in [5, 5.41) is 0. The van der Waals surface area contributed by atoms with Crippen LogP contribution in [0.15, 0.2) is 24.5 Å². The summed E-state index contributed by atoms with van der Waals surface area (Å²) in [4.78, 5) is 11.5. The van der Waals surface area contributed by atoms with Crippen LogP contribution in [0, 0.1) is 0 Å². The van der Waals surface area contributed by atoms with Gasteiger partial charge in [-0.25, -0.2) is 9.97 Å². The molecule has 2 aliphatic rings. The molecule has 1 aliphatic carbocycles. The van der Waals surface area contributed by atoms with Gasteiger partial charge in [0.05, 0.1) is 14.2 Å². The highest BCUT2D eigenvalue weighted by atomic mass is 16.5. The van der Waals surface area contributed by atoms with E-state index in [2.05, 4.69) is 20.9 Å². The van der Waals surface area contributed by atoms with E-state index in [-0.39, 0.29) is 0 Å². The van der Waals surface area contributed by atoms with Crippen molar-refractivity contribution in [1.29, 1.82) is 0 Å². The molecule has 1 fully saturated rings. The minimum atomic E-state index is 0.432. The summed E-state index contributed by atoms with van der Waals surface area (Å²) in [6, 6.07) is 6.06. The van der Waals surface area contributed by atoms with Gasteiger partial charge in [0, 0.05) is 35.8 Å². The second-order valence-electron chi connectivity index (χ2n) is 6.52. The molecule has 1 atom stereocenters. The smallest absolute Gasteiger partial charge is 0.135 e. The number of nitrogens with zero attached hydrogens (tertiary/aromatic N) is 3. The van der Waals surface area contributed by atoms with Gasteiger partial charge in [-0.3, -0.25) is 0 Å². The molecule has 1 aromatic carbocycles. The standard InChI is InChI=1S/C19H23N3O2/c1-23-14-6-7-18(24-2)16(10-14)13-8-9-22(11-13)19-15-4-3-5-17(15)20-12-21-19/h6-7,10,12-13H,3-5,8-9,11H2,1-2H3/t13-/m0/s1. The fraction of sp³-hybridized carbons (Fsp3) is 0.474. The maximum atomic E-state index is 5.57. The van der Waals surface area contributed by atoms with Crippen molar-refractivity contribution < 1.29 is 9.47 Å². The number of fused-ring (bicyclic) bond motifs is 1. The molecule has 126 valence electrons. The van der Waals surface area contributed by atoms with E-state index in [1.54, 1.807) is 20.5 Å². The average Bonchev–Trinajstić information content (AvgIpc) is 3.30. The third-order valence-corrected chi connectivity index (χ3v) is 5.22. The minimum absolute atomic E-state index is 0.432. The van der Waals surface area contributed by atoms with E-state index in [0.29, 0.717) is 5.92 Å². The Kier molecular flexibility index (Phi) is 4.00. The van der Waals surface area contributed by atoms with Crippen molar-refractivity contribution in [2.24, 2.45) is 0 Å². The van der Waals surface area contributed by atoms with Gasteiger partial charge in [0.15, 0.2) is 0 Å². The van der Waals surface area contributed by atoms with Gasteiger partial charge < -0.3 is 14.4 Å². The third-order valence-electron chi connectivity index (χ3n) is 5.22. The molecule has 4 rings (SSSR count). The maximum absolute atomic E-state index is 5.57. The Labute approximate surface area is 142 Å². The summed E-state index contributed by atoms with van der Waals surface area (Å²) < 4.78 is 11.0. The Morgan fingerprint density at radius 3 is 2.88 bits per heavy atom. The first-order valence-electron chi connectivity index (χ1n) is 8.59. The molecule has 1 saturated heterocycles. The van der Waals surface area contributed by atoms with Crippen molar-refractivity contribution in [2.45, 2.75) is 31.6 Å². The Morgan fingerprint density at radius 2 is 2.04 bits per heavy atom. The Balaban J connectivity index is 1.60. The molecular formula is C19H23N3O2. The molecule has 0 bridgehead atoms. The van der Waals surface area contributed by atoms with Crippen molar-refractivity contribution in [1.82, 2.24) is 9.97 Å². The van der Waals surface area contributed by atoms with Gasteiger partial charge in [-0.05, 0) is 43.9 Å². The first kappa shape index (κ1) is 15.2. The normalized spacial score (nSPS) is 19.4. The lowest BCUT2D eigenvalue weighted by molar-refractivity contribution is 0.396. The van der Waals surface area contributed by atoms with Crippen LogP contribution >= 0.6 is 0 Å². The van der Waals surface area contributed by atoms with Gasteiger partial charge in [-0.1, -0.05) is 0 Å². The molecule has 2 heterocycles. The molecule has 5 nitrogen and oxygen atoms in total. The molecule has 5 heteroatoms. The number of anilines is 1. The van der Waals surface area contributed by atoms with Gasteiger partial charge in [0.2, 0.25) is 0 Å². The Morgan fingerprint density at radius 1 is 1.12 bits per heavy atom. The number of hydrogen-bond acceptors (Lipinski definition) is 5. The lowest BCUT2D eigenvalue weighted by atomic mass is 9.97. The number of benzene rings is 1. The number of aryl methyl sites for hydroxylation is 1. The van der Waals surface area contributed by atoms with Crippen LogP contribution in [0.3, 0.4) is 0 Å². The van der Waals surface area contributed by atoms with Crippen molar-refractivity contribution >= 4 is 5.82 Å². The first-order chi connectivity index (χ1) is 11.8. The monoisotopic (exact) mass is 325 g/mol. The second-order valence-corrected chi connectivity index (χ2v) is 6.52. The van der Waals surface area contributed by atoms with Crippen molar-refractivity contribution in [3.63, 3.8) is 0 Å². The van der Waals surface area contributed by atoms with E-state index in [1.165, 1.54) is 23.2 Å². The van der Waals surface area contributed by atoms with E-state index in [4.69, 9.17) is 9.47 Å². The van der Waals surface area contributed by atoms with Crippen LogP contribution in [0.4, 0.5) is 5.82 Å². The van der Waals surface area contributed by atoms with E-state index in [0.717, 1.165) is 49.7 Å². The predicted octanol–water partition coefficient (Wildman–Crippen LogP) is 2.98. The van der Waals surface area contributed by atoms with Crippen LogP contribution < -0.4 is 14.4 Å². The summed E-state index contributed by atoms with van der Waals surface area (Å²) in [6.07, 6.45) is 6.21. The minimum Gasteiger partial charge on any atom is -0.497 e. The Hall–Kier alpha value is -2.30. The molecule has 1 aromatic heterocycles. The van der Waals surface area contributed by atoms with Crippen LogP contribution in [0.5, 0.6) is 11.5 Å². The highest BCUT2D eigenvalue weighted by Crippen LogP contribution is 2.38. The molecule has 0 unspecified atom stereocenters. The summed E-state index contributed by atoms with van der Waals surface area (Å²) >= 11 is 0. The van der Waals surface area contributed by atoms with E-state index >= 15 is 0 Å². The highest BCUT2D eigenvalue weighted by molar-refractivity contribution is 5.53. The molecular weight excluding hydrogens is 302 g/mol. The topological polar surface area (TPSA) is 47.5 Å². The van der Waals surface area contributed by atoms with Gasteiger partial charge >= 0.3 is 0 Å². The molecule has 0 N–H and O–H groups in total. The SMILES string of the molecule is COc1ccc(OC)c([C@H]2CCN(c3ncnc4c3CCC4)C2)c1. The lowest BCUT2D eigenvalue weighted by Gasteiger charge is -2.21. The number of aromatic nitrogens is 2. The van der Waals surface area contributed by atoms with E-state index < -0.39 is 0 Å². The summed E-state index contributed by atoms with van der Waals surface area (Å²) in [5.41, 5.74) is 3.82. The van der Waals surface area contributed by atoms with Crippen molar-refractivity contribution in [2.75, 3.05) is 32.2 Å². The zero-order chi connectivity index (χ0) is 16.5. The molecule has 0 spiro atoms. The van der Waals surface area contributed by atoms with E-state index in [9.17, 15) is 0 Å². The molecule has 0 radical (unpaired) electrons. The zero-order valence-electron chi connectivity index (χ0n) is 14.3. The number of methoxy groups -OCH3 is 2. The summed E-state index contributed by atoms with van der Waals surface area (Å²) in [7, 11) is 3.44. The molecule has 24 heavy (non-hydrogen) atoms. The number of hydrogen-bond donors (Lipinski definition) is 0. The average molecular weight is 325 g/mol. The van der Waals surface area contributed by atoms with E-state index in [1.807, 2.05) is 12.1 Å². The lowest BCUT2D eigenvalue weighted by Crippen LogP contribution is -2.22. The van der Waals surface area contributed by atoms with Gasteiger partial charge in [0.1, 0.15) is 23.6 Å². The predicted molar refractivity (Wildman–Crippen MR) is 93.2 cm³/mol. The van der Waals surface area contributed by atoms with Crippen LogP contribution in [0.25, 0.3) is 0 Å². The maximum Gasteiger partial charge on any atom is 0.135 e. The summed E-state index contributed by atoms with van der Waals surface area (Å²) in [6.45, 7) is 1.99.